The molecule has 0 amide bonds. The van der Waals surface area contributed by atoms with Gasteiger partial charge in [0.2, 0.25) is 0 Å². The van der Waals surface area contributed by atoms with Gasteiger partial charge in [-0.1, -0.05) is 48.5 Å². The molecule has 4 aliphatic rings. The zero-order chi connectivity index (χ0) is 46.0. The van der Waals surface area contributed by atoms with E-state index in [9.17, 15) is 0 Å². The molecule has 0 N–H and O–H groups in total. The van der Waals surface area contributed by atoms with Crippen molar-refractivity contribution < 1.29 is 37.2 Å². The molecule has 0 aliphatic carbocycles. The molecule has 8 nitrogen and oxygen atoms in total. The summed E-state index contributed by atoms with van der Waals surface area (Å²) >= 11 is 19.1. The molecule has 4 saturated heterocycles. The highest BCUT2D eigenvalue weighted by atomic mass is 35.5. The molecule has 62 heavy (non-hydrogen) atoms. The Balaban J connectivity index is 0.000000912. The molecule has 5 aromatic carbocycles. The maximum atomic E-state index is 6.69. The summed E-state index contributed by atoms with van der Waals surface area (Å²) in [5.41, 5.74) is -0.186. The summed E-state index contributed by atoms with van der Waals surface area (Å²) in [6.07, 6.45) is 0. The second-order valence-electron chi connectivity index (χ2n) is 21.0. The van der Waals surface area contributed by atoms with Crippen LogP contribution in [0.4, 0.5) is 0 Å². The Morgan fingerprint density at radius 3 is 0.597 bits per heavy atom. The fourth-order valence-corrected chi connectivity index (χ4v) is 8.44. The van der Waals surface area contributed by atoms with E-state index >= 15 is 0 Å². The second kappa shape index (κ2) is 16.1. The summed E-state index contributed by atoms with van der Waals surface area (Å²) in [7, 11) is -2.23. The van der Waals surface area contributed by atoms with Gasteiger partial charge in [-0.3, -0.25) is 0 Å². The average Bonchev–Trinajstić information content (AvgIpc) is 3.70. The Kier molecular flexibility index (Phi) is 12.6. The van der Waals surface area contributed by atoms with Crippen LogP contribution in [0, 0.1) is 0 Å². The Labute approximate surface area is 389 Å². The minimum atomic E-state index is -0.557. The Hall–Kier alpha value is -1.50. The summed E-state index contributed by atoms with van der Waals surface area (Å²) < 4.78 is 53.5. The molecule has 0 bridgehead atoms. The SMILES string of the molecule is CC1(C)OB(c2cc3cc(B4OC(C)(C)C(C)(C)O4)cc4c5cc(B6OC(C)(C)C(C)(C)O6)cc6cc(B7OC(C)(C)C(C)(C)O7)cc(c(c2)c34)c65)OC1(C)C.ClCCl.ClCCl. The van der Waals surface area contributed by atoms with Crippen LogP contribution in [0.1, 0.15) is 111 Å². The molecular formula is C46H60B4Cl4O8. The van der Waals surface area contributed by atoms with E-state index in [0.717, 1.165) is 64.9 Å². The standard InChI is InChI=1S/C44H56B4O8.2CH2Cl2/c1-37(2)38(3,4)50-45(49-37)27-17-25-18-28(46-51-39(5,6)40(7,8)52-46)23-33-34-24-30(48-55-43(13,14)44(15,16)56-48)20-26-19-29(47-53-41(9,10)42(11,12)54-47)22-32(36(26)34)31(21-27)35(25)33;2*2-1-3/h17-24H,1-16H3;2*1H2. The number of benzene rings is 5. The van der Waals surface area contributed by atoms with Crippen LogP contribution in [0.3, 0.4) is 0 Å². The van der Waals surface area contributed by atoms with Crippen LogP contribution < -0.4 is 21.9 Å². The maximum Gasteiger partial charge on any atom is 0.494 e. The summed E-state index contributed by atoms with van der Waals surface area (Å²) in [5.74, 6) is 0. The van der Waals surface area contributed by atoms with Crippen LogP contribution in [0.15, 0.2) is 48.5 Å². The lowest BCUT2D eigenvalue weighted by Gasteiger charge is -2.32. The first-order chi connectivity index (χ1) is 28.5. The third-order valence-electron chi connectivity index (χ3n) is 14.9. The third kappa shape index (κ3) is 8.10. The first-order valence-corrected chi connectivity index (χ1v) is 23.5. The number of rotatable bonds is 4. The van der Waals surface area contributed by atoms with Crippen molar-refractivity contribution >= 4 is 140 Å². The first-order valence-electron chi connectivity index (χ1n) is 21.4. The van der Waals surface area contributed by atoms with Crippen molar-refractivity contribution in [3.63, 3.8) is 0 Å². The van der Waals surface area contributed by atoms with Crippen LogP contribution in [0.5, 0.6) is 0 Å². The number of fused-ring (bicyclic) bond motifs is 2. The summed E-state index contributed by atoms with van der Waals surface area (Å²) in [6.45, 7) is 33.5. The lowest BCUT2D eigenvalue weighted by Crippen LogP contribution is -2.41. The molecule has 0 spiro atoms. The molecule has 0 atom stereocenters. The predicted molar refractivity (Wildman–Crippen MR) is 264 cm³/mol. The van der Waals surface area contributed by atoms with E-state index in [4.69, 9.17) is 83.6 Å². The lowest BCUT2D eigenvalue weighted by molar-refractivity contribution is 0.00578. The van der Waals surface area contributed by atoms with E-state index in [1.165, 1.54) is 0 Å². The van der Waals surface area contributed by atoms with Gasteiger partial charge in [0.25, 0.3) is 0 Å². The minimum absolute atomic E-state index is 0.194. The topological polar surface area (TPSA) is 73.8 Å². The largest absolute Gasteiger partial charge is 0.494 e. The number of hydrogen-bond acceptors (Lipinski definition) is 8. The normalized spacial score (nSPS) is 23.7. The Morgan fingerprint density at radius 1 is 0.306 bits per heavy atom. The first kappa shape index (κ1) is 48.4. The summed E-state index contributed by atoms with van der Waals surface area (Å²) in [6, 6.07) is 17.9. The van der Waals surface area contributed by atoms with E-state index in [1.54, 1.807) is 0 Å². The van der Waals surface area contributed by atoms with Crippen molar-refractivity contribution in [3.05, 3.63) is 48.5 Å². The van der Waals surface area contributed by atoms with Gasteiger partial charge in [0.1, 0.15) is 0 Å². The quantitative estimate of drug-likeness (QED) is 0.0765. The zero-order valence-electron chi connectivity index (χ0n) is 39.1. The average molecular weight is 926 g/mol. The molecule has 9 rings (SSSR count). The van der Waals surface area contributed by atoms with Crippen LogP contribution in [0.2, 0.25) is 0 Å². The van der Waals surface area contributed by atoms with Crippen molar-refractivity contribution in [2.45, 2.75) is 156 Å². The molecule has 0 saturated carbocycles. The van der Waals surface area contributed by atoms with E-state index < -0.39 is 73.3 Å². The van der Waals surface area contributed by atoms with Gasteiger partial charge in [0, 0.05) is 0 Å². The van der Waals surface area contributed by atoms with Gasteiger partial charge in [-0.05, 0) is 176 Å². The molecule has 4 heterocycles. The van der Waals surface area contributed by atoms with Gasteiger partial charge >= 0.3 is 28.5 Å². The van der Waals surface area contributed by atoms with Crippen LogP contribution in [-0.4, -0.2) is 84.0 Å². The number of hydrogen-bond donors (Lipinski definition) is 0. The number of alkyl halides is 4. The van der Waals surface area contributed by atoms with Crippen molar-refractivity contribution in [3.8, 4) is 0 Å². The van der Waals surface area contributed by atoms with Crippen LogP contribution in [-0.2, 0) is 37.2 Å². The van der Waals surface area contributed by atoms with E-state index in [-0.39, 0.29) is 10.7 Å². The Bertz CT molecular complexity index is 2110. The van der Waals surface area contributed by atoms with Gasteiger partial charge < -0.3 is 37.2 Å². The molecular weight excluding hydrogens is 866 g/mol. The highest BCUT2D eigenvalue weighted by molar-refractivity contribution is 6.66. The molecule has 0 aromatic heterocycles. The third-order valence-corrected chi connectivity index (χ3v) is 14.9. The van der Waals surface area contributed by atoms with Crippen LogP contribution >= 0.6 is 46.4 Å². The second-order valence-corrected chi connectivity index (χ2v) is 22.6. The van der Waals surface area contributed by atoms with Crippen molar-refractivity contribution in [2.75, 3.05) is 10.7 Å². The van der Waals surface area contributed by atoms with Gasteiger partial charge in [0.15, 0.2) is 0 Å². The Morgan fingerprint density at radius 2 is 0.452 bits per heavy atom. The maximum absolute atomic E-state index is 6.69. The lowest BCUT2D eigenvalue weighted by atomic mass is 9.70. The van der Waals surface area contributed by atoms with E-state index in [2.05, 4.69) is 159 Å². The van der Waals surface area contributed by atoms with Crippen LogP contribution in [0.25, 0.3) is 43.1 Å². The molecule has 5 aromatic rings. The summed E-state index contributed by atoms with van der Waals surface area (Å²) in [4.78, 5) is 0. The minimum Gasteiger partial charge on any atom is -0.399 e. The van der Waals surface area contributed by atoms with Gasteiger partial charge in [0.05, 0.1) is 55.5 Å². The summed E-state index contributed by atoms with van der Waals surface area (Å²) in [5, 5.41) is 9.16. The predicted octanol–water partition coefficient (Wildman–Crippen LogP) is 9.78. The fourth-order valence-electron chi connectivity index (χ4n) is 8.44. The van der Waals surface area contributed by atoms with E-state index in [1.807, 2.05) is 0 Å². The smallest absolute Gasteiger partial charge is 0.399 e. The van der Waals surface area contributed by atoms with E-state index in [0.29, 0.717) is 0 Å². The van der Waals surface area contributed by atoms with Crippen molar-refractivity contribution in [1.29, 1.82) is 0 Å². The molecule has 0 unspecified atom stereocenters. The molecule has 4 fully saturated rings. The van der Waals surface area contributed by atoms with Gasteiger partial charge in [-0.25, -0.2) is 0 Å². The highest BCUT2D eigenvalue weighted by Gasteiger charge is 2.55. The molecule has 16 heteroatoms. The zero-order valence-corrected chi connectivity index (χ0v) is 42.1. The van der Waals surface area contributed by atoms with Gasteiger partial charge in [-0.2, -0.15) is 0 Å². The van der Waals surface area contributed by atoms with Crippen molar-refractivity contribution in [2.24, 2.45) is 0 Å². The fraction of sp³-hybridized carbons (Fsp3) is 0.565. The molecule has 0 radical (unpaired) electrons. The van der Waals surface area contributed by atoms with Crippen molar-refractivity contribution in [1.82, 2.24) is 0 Å². The molecule has 4 aliphatic heterocycles. The highest BCUT2D eigenvalue weighted by Crippen LogP contribution is 2.44. The monoisotopic (exact) mass is 924 g/mol. The van der Waals surface area contributed by atoms with Gasteiger partial charge in [-0.15, -0.1) is 46.4 Å². The number of halogens is 4. The molecule has 332 valence electrons.